The average molecular weight is 158 g/mol. The Balaban J connectivity index is 2.66. The molecule has 1 rings (SSSR count). The summed E-state index contributed by atoms with van der Waals surface area (Å²) in [6, 6.07) is 5.08. The van der Waals surface area contributed by atoms with E-state index in [1.807, 2.05) is 0 Å². The van der Waals surface area contributed by atoms with Gasteiger partial charge < -0.3 is 8.63 Å². The van der Waals surface area contributed by atoms with Crippen molar-refractivity contribution in [3.8, 4) is 0 Å². The van der Waals surface area contributed by atoms with Crippen LogP contribution in [0.25, 0.3) is 0 Å². The summed E-state index contributed by atoms with van der Waals surface area (Å²) in [5.74, 6) is -0.400. The lowest BCUT2D eigenvalue weighted by atomic mass is 9.88. The first-order valence-electron chi connectivity index (χ1n) is 3.21. The Morgan fingerprint density at radius 3 is 2.09 bits per heavy atom. The Morgan fingerprint density at radius 1 is 1.09 bits per heavy atom. The maximum absolute atomic E-state index is 12.2. The van der Waals surface area contributed by atoms with Crippen LogP contribution in [-0.4, -0.2) is 7.27 Å². The molecule has 0 saturated heterocycles. The van der Waals surface area contributed by atoms with Crippen molar-refractivity contribution in [3.63, 3.8) is 0 Å². The van der Waals surface area contributed by atoms with E-state index in [-0.39, 0.29) is 6.32 Å². The van der Waals surface area contributed by atoms with Crippen molar-refractivity contribution in [2.45, 2.75) is 6.32 Å². The highest BCUT2D eigenvalue weighted by atomic mass is 19.2. The van der Waals surface area contributed by atoms with Crippen LogP contribution in [0, 0.1) is 5.82 Å². The van der Waals surface area contributed by atoms with Gasteiger partial charge in [0, 0.05) is 0 Å². The van der Waals surface area contributed by atoms with Crippen molar-refractivity contribution >= 4 is 7.27 Å². The molecule has 11 heavy (non-hydrogen) atoms. The first-order chi connectivity index (χ1) is 5.18. The number of rotatable bonds is 2. The van der Waals surface area contributed by atoms with Crippen molar-refractivity contribution in [1.82, 2.24) is 0 Å². The standard InChI is InChI=1S/C7H6BF3/c9-7-3-1-6(2-4-7)5-8(10)11/h1-4H,5H2/q-1. The second kappa shape index (κ2) is 3.46. The Hall–Kier alpha value is -0.925. The first-order valence-corrected chi connectivity index (χ1v) is 3.21. The number of halogens is 3. The zero-order chi connectivity index (χ0) is 8.27. The molecule has 59 valence electrons. The molecule has 0 saturated carbocycles. The van der Waals surface area contributed by atoms with Gasteiger partial charge in [-0.3, -0.25) is 0 Å². The van der Waals surface area contributed by atoms with Crippen LogP contribution < -0.4 is 0 Å². The van der Waals surface area contributed by atoms with Crippen molar-refractivity contribution in [1.29, 1.82) is 0 Å². The van der Waals surface area contributed by atoms with Crippen LogP contribution in [0.1, 0.15) is 5.56 Å². The van der Waals surface area contributed by atoms with Crippen LogP contribution in [0.3, 0.4) is 0 Å². The van der Waals surface area contributed by atoms with Gasteiger partial charge in [0.2, 0.25) is 7.27 Å². The largest absolute Gasteiger partial charge is 0.511 e. The van der Waals surface area contributed by atoms with Gasteiger partial charge in [-0.25, -0.2) is 4.39 Å². The third kappa shape index (κ3) is 2.66. The molecule has 0 spiro atoms. The van der Waals surface area contributed by atoms with Crippen LogP contribution in [0.5, 0.6) is 0 Å². The molecule has 0 aliphatic carbocycles. The van der Waals surface area contributed by atoms with Crippen LogP contribution in [0.2, 0.25) is 0 Å². The van der Waals surface area contributed by atoms with Gasteiger partial charge in [-0.15, -0.1) is 6.32 Å². The van der Waals surface area contributed by atoms with E-state index in [1.165, 1.54) is 24.3 Å². The van der Waals surface area contributed by atoms with Crippen molar-refractivity contribution in [2.75, 3.05) is 0 Å². The lowest BCUT2D eigenvalue weighted by Crippen LogP contribution is -2.02. The van der Waals surface area contributed by atoms with E-state index in [0.29, 0.717) is 5.56 Å². The fourth-order valence-electron chi connectivity index (χ4n) is 0.799. The molecule has 0 fully saturated rings. The minimum absolute atomic E-state index is 0.305. The smallest absolute Gasteiger partial charge is 0.235 e. The SMILES string of the molecule is F[B-](F)Cc1ccc(F)cc1. The number of hydrogen-bond acceptors (Lipinski definition) is 0. The molecule has 0 unspecified atom stereocenters. The van der Waals surface area contributed by atoms with Crippen LogP contribution in [0.4, 0.5) is 13.0 Å². The lowest BCUT2D eigenvalue weighted by Gasteiger charge is -2.06. The van der Waals surface area contributed by atoms with Crippen molar-refractivity contribution in [2.24, 2.45) is 0 Å². The quantitative estimate of drug-likeness (QED) is 0.579. The van der Waals surface area contributed by atoms with Crippen LogP contribution in [-0.2, 0) is 6.32 Å². The minimum atomic E-state index is -2.36. The van der Waals surface area contributed by atoms with E-state index in [1.54, 1.807) is 0 Å². The average Bonchev–Trinajstić information content (AvgIpc) is 1.93. The molecule has 1 aromatic carbocycles. The van der Waals surface area contributed by atoms with Gasteiger partial charge in [-0.2, -0.15) is 0 Å². The Morgan fingerprint density at radius 2 is 1.64 bits per heavy atom. The predicted octanol–water partition coefficient (Wildman–Crippen LogP) is 2.33. The lowest BCUT2D eigenvalue weighted by molar-refractivity contribution is 0.626. The highest BCUT2D eigenvalue weighted by Crippen LogP contribution is 2.05. The van der Waals surface area contributed by atoms with Gasteiger partial charge in [-0.05, 0) is 12.1 Å². The molecule has 0 nitrogen and oxygen atoms in total. The van der Waals surface area contributed by atoms with E-state index in [4.69, 9.17) is 0 Å². The van der Waals surface area contributed by atoms with E-state index in [9.17, 15) is 13.0 Å². The van der Waals surface area contributed by atoms with Gasteiger partial charge in [0.15, 0.2) is 0 Å². The maximum atomic E-state index is 12.2. The third-order valence-corrected chi connectivity index (χ3v) is 1.30. The number of benzene rings is 1. The Labute approximate surface area is 63.2 Å². The van der Waals surface area contributed by atoms with Gasteiger partial charge in [0.05, 0.1) is 0 Å². The second-order valence-corrected chi connectivity index (χ2v) is 2.22. The Kier molecular flexibility index (Phi) is 2.57. The molecular weight excluding hydrogens is 152 g/mol. The van der Waals surface area contributed by atoms with Crippen molar-refractivity contribution in [3.05, 3.63) is 35.6 Å². The molecule has 0 aliphatic heterocycles. The molecule has 4 heteroatoms. The summed E-state index contributed by atoms with van der Waals surface area (Å²) in [4.78, 5) is 0. The van der Waals surface area contributed by atoms with E-state index in [0.717, 1.165) is 0 Å². The maximum Gasteiger partial charge on any atom is 0.235 e. The third-order valence-electron chi connectivity index (χ3n) is 1.30. The molecule has 0 atom stereocenters. The van der Waals surface area contributed by atoms with Gasteiger partial charge in [0.1, 0.15) is 5.82 Å². The summed E-state index contributed by atoms with van der Waals surface area (Å²) in [6.07, 6.45) is -0.305. The second-order valence-electron chi connectivity index (χ2n) is 2.22. The summed E-state index contributed by atoms with van der Waals surface area (Å²) < 4.78 is 35.7. The molecule has 0 bridgehead atoms. The zero-order valence-corrected chi connectivity index (χ0v) is 5.73. The summed E-state index contributed by atoms with van der Waals surface area (Å²) in [5.41, 5.74) is 0.460. The Bertz CT molecular complexity index is 220. The highest BCUT2D eigenvalue weighted by Gasteiger charge is 1.96. The molecule has 1 radical (unpaired) electrons. The number of hydrogen-bond donors (Lipinski definition) is 0. The first kappa shape index (κ1) is 8.17. The molecule has 0 aromatic heterocycles. The van der Waals surface area contributed by atoms with E-state index >= 15 is 0 Å². The summed E-state index contributed by atoms with van der Waals surface area (Å²) in [6.45, 7) is 0. The van der Waals surface area contributed by atoms with E-state index < -0.39 is 13.1 Å². The molecule has 0 heterocycles. The van der Waals surface area contributed by atoms with Crippen LogP contribution >= 0.6 is 0 Å². The van der Waals surface area contributed by atoms with Gasteiger partial charge in [-0.1, -0.05) is 17.7 Å². The zero-order valence-electron chi connectivity index (χ0n) is 5.73. The molecular formula is C7H6BF3-. The molecule has 0 aliphatic rings. The molecule has 0 N–H and O–H groups in total. The normalized spacial score (nSPS) is 10.5. The van der Waals surface area contributed by atoms with Gasteiger partial charge >= 0.3 is 0 Å². The van der Waals surface area contributed by atoms with Crippen LogP contribution in [0.15, 0.2) is 24.3 Å². The fraction of sp³-hybridized carbons (Fsp3) is 0.143. The summed E-state index contributed by atoms with van der Waals surface area (Å²) >= 11 is 0. The topological polar surface area (TPSA) is 0 Å². The molecule has 1 aromatic rings. The summed E-state index contributed by atoms with van der Waals surface area (Å²) in [5, 5.41) is 0. The van der Waals surface area contributed by atoms with Gasteiger partial charge in [0.25, 0.3) is 0 Å². The van der Waals surface area contributed by atoms with Crippen molar-refractivity contribution < 1.29 is 13.0 Å². The summed E-state index contributed by atoms with van der Waals surface area (Å²) in [7, 11) is -2.36. The fourth-order valence-corrected chi connectivity index (χ4v) is 0.799. The van der Waals surface area contributed by atoms with E-state index in [2.05, 4.69) is 0 Å². The highest BCUT2D eigenvalue weighted by molar-refractivity contribution is 6.42. The predicted molar refractivity (Wildman–Crippen MR) is 38.1 cm³/mol. The monoisotopic (exact) mass is 158 g/mol. The molecule has 0 amide bonds. The minimum Gasteiger partial charge on any atom is -0.511 e.